The summed E-state index contributed by atoms with van der Waals surface area (Å²) in [5, 5.41) is 3.93. The summed E-state index contributed by atoms with van der Waals surface area (Å²) < 4.78 is 13.1. The fourth-order valence-electron chi connectivity index (χ4n) is 2.43. The molecule has 2 aromatic rings. The van der Waals surface area contributed by atoms with Crippen molar-refractivity contribution in [2.45, 2.75) is 26.9 Å². The first-order valence-electron chi connectivity index (χ1n) is 8.61. The number of hydrogen-bond acceptors (Lipinski definition) is 4. The molecule has 0 aromatic heterocycles. The van der Waals surface area contributed by atoms with Crippen molar-refractivity contribution in [2.24, 2.45) is 5.10 Å². The normalized spacial score (nSPS) is 10.6. The van der Waals surface area contributed by atoms with E-state index in [9.17, 15) is 4.79 Å². The third-order valence-corrected chi connectivity index (χ3v) is 4.27. The summed E-state index contributed by atoms with van der Waals surface area (Å²) in [5.41, 5.74) is 5.24. The molecule has 2 aromatic carbocycles. The molecular formula is C21H23IN2O3. The predicted octanol–water partition coefficient (Wildman–Crippen LogP) is 4.47. The second-order valence-electron chi connectivity index (χ2n) is 5.77. The Labute approximate surface area is 173 Å². The summed E-state index contributed by atoms with van der Waals surface area (Å²) in [6.45, 7) is 8.12. The lowest BCUT2D eigenvalue weighted by molar-refractivity contribution is -0.118. The van der Waals surface area contributed by atoms with Gasteiger partial charge < -0.3 is 9.47 Å². The molecule has 5 nitrogen and oxygen atoms in total. The van der Waals surface area contributed by atoms with Crippen molar-refractivity contribution >= 4 is 34.7 Å². The van der Waals surface area contributed by atoms with Gasteiger partial charge in [0.05, 0.1) is 12.8 Å². The van der Waals surface area contributed by atoms with Crippen LogP contribution in [-0.2, 0) is 17.8 Å². The maximum absolute atomic E-state index is 11.0. The molecule has 0 radical (unpaired) electrons. The second kappa shape index (κ2) is 10.7. The van der Waals surface area contributed by atoms with Gasteiger partial charge in [-0.05, 0) is 71.3 Å². The molecule has 0 unspecified atom stereocenters. The van der Waals surface area contributed by atoms with Crippen molar-refractivity contribution < 1.29 is 14.3 Å². The van der Waals surface area contributed by atoms with E-state index in [0.29, 0.717) is 31.1 Å². The van der Waals surface area contributed by atoms with Gasteiger partial charge in [0.15, 0.2) is 11.5 Å². The Morgan fingerprint density at radius 2 is 2.00 bits per heavy atom. The van der Waals surface area contributed by atoms with Crippen molar-refractivity contribution in [3.63, 3.8) is 0 Å². The van der Waals surface area contributed by atoms with Gasteiger partial charge in [-0.15, -0.1) is 6.58 Å². The average Bonchev–Trinajstić information content (AvgIpc) is 2.63. The van der Waals surface area contributed by atoms with E-state index in [0.717, 1.165) is 16.7 Å². The topological polar surface area (TPSA) is 59.9 Å². The zero-order valence-corrected chi connectivity index (χ0v) is 17.7. The molecule has 0 aliphatic carbocycles. The lowest BCUT2D eigenvalue weighted by Gasteiger charge is -2.17. The van der Waals surface area contributed by atoms with Crippen molar-refractivity contribution in [1.29, 1.82) is 0 Å². The van der Waals surface area contributed by atoms with E-state index in [4.69, 9.17) is 9.47 Å². The van der Waals surface area contributed by atoms with Crippen LogP contribution in [0.15, 0.2) is 54.2 Å². The first-order chi connectivity index (χ1) is 13.0. The summed E-state index contributed by atoms with van der Waals surface area (Å²) >= 11 is 2.28. The van der Waals surface area contributed by atoms with Gasteiger partial charge in [0.2, 0.25) is 5.91 Å². The SMILES string of the molecule is C=CCc1cc(/C=N\NC(C)=O)cc(OCC)c1OCc1ccc(I)cc1. The number of benzene rings is 2. The van der Waals surface area contributed by atoms with E-state index in [-0.39, 0.29) is 5.91 Å². The van der Waals surface area contributed by atoms with Crippen molar-refractivity contribution in [3.05, 3.63) is 69.3 Å². The number of nitrogens with one attached hydrogen (secondary N) is 1. The minimum atomic E-state index is -0.222. The highest BCUT2D eigenvalue weighted by Gasteiger charge is 2.13. The molecule has 6 heteroatoms. The van der Waals surface area contributed by atoms with Crippen LogP contribution in [0.25, 0.3) is 0 Å². The summed E-state index contributed by atoms with van der Waals surface area (Å²) in [4.78, 5) is 11.0. The molecule has 142 valence electrons. The molecule has 0 heterocycles. The number of allylic oxidation sites excluding steroid dienone is 1. The lowest BCUT2D eigenvalue weighted by atomic mass is 10.1. The Morgan fingerprint density at radius 1 is 1.26 bits per heavy atom. The summed E-state index contributed by atoms with van der Waals surface area (Å²) in [6.07, 6.45) is 4.03. The van der Waals surface area contributed by atoms with Crippen LogP contribution in [-0.4, -0.2) is 18.7 Å². The van der Waals surface area contributed by atoms with Crippen molar-refractivity contribution in [2.75, 3.05) is 6.61 Å². The Bertz CT molecular complexity index is 817. The van der Waals surface area contributed by atoms with E-state index in [2.05, 4.69) is 51.8 Å². The van der Waals surface area contributed by atoms with Gasteiger partial charge in [0.25, 0.3) is 0 Å². The van der Waals surface area contributed by atoms with Gasteiger partial charge in [-0.3, -0.25) is 4.79 Å². The predicted molar refractivity (Wildman–Crippen MR) is 116 cm³/mol. The van der Waals surface area contributed by atoms with Crippen LogP contribution in [0, 0.1) is 3.57 Å². The standard InChI is InChI=1S/C21H23IN2O3/c1-4-6-18-11-17(13-23-24-15(3)25)12-20(26-5-2)21(18)27-14-16-7-9-19(22)10-8-16/h4,7-13H,1,5-6,14H2,2-3H3,(H,24,25)/b23-13-. The van der Waals surface area contributed by atoms with Gasteiger partial charge >= 0.3 is 0 Å². The monoisotopic (exact) mass is 478 g/mol. The molecular weight excluding hydrogens is 455 g/mol. The number of hydrogen-bond donors (Lipinski definition) is 1. The Morgan fingerprint density at radius 3 is 2.63 bits per heavy atom. The summed E-state index contributed by atoms with van der Waals surface area (Å²) in [6, 6.07) is 12.0. The Balaban J connectivity index is 2.31. The van der Waals surface area contributed by atoms with Crippen LogP contribution in [0.1, 0.15) is 30.5 Å². The maximum atomic E-state index is 11.0. The lowest BCUT2D eigenvalue weighted by Crippen LogP contribution is -2.12. The van der Waals surface area contributed by atoms with E-state index in [1.807, 2.05) is 37.3 Å². The fourth-order valence-corrected chi connectivity index (χ4v) is 2.79. The molecule has 0 saturated heterocycles. The highest BCUT2D eigenvalue weighted by molar-refractivity contribution is 14.1. The minimum absolute atomic E-state index is 0.222. The van der Waals surface area contributed by atoms with Crippen LogP contribution in [0.4, 0.5) is 0 Å². The van der Waals surface area contributed by atoms with Crippen molar-refractivity contribution in [3.8, 4) is 11.5 Å². The first kappa shape index (κ1) is 21.0. The average molecular weight is 478 g/mol. The number of hydrazone groups is 1. The zero-order chi connectivity index (χ0) is 19.6. The molecule has 1 N–H and O–H groups in total. The molecule has 0 atom stereocenters. The summed E-state index contributed by atoms with van der Waals surface area (Å²) in [7, 11) is 0. The molecule has 0 aliphatic rings. The Kier molecular flexibility index (Phi) is 8.32. The smallest absolute Gasteiger partial charge is 0.236 e. The van der Waals surface area contributed by atoms with Crippen LogP contribution in [0.3, 0.4) is 0 Å². The first-order valence-corrected chi connectivity index (χ1v) is 9.68. The number of amides is 1. The molecule has 27 heavy (non-hydrogen) atoms. The largest absolute Gasteiger partial charge is 0.490 e. The highest BCUT2D eigenvalue weighted by Crippen LogP contribution is 2.34. The van der Waals surface area contributed by atoms with Crippen LogP contribution in [0.2, 0.25) is 0 Å². The fraction of sp³-hybridized carbons (Fsp3) is 0.238. The van der Waals surface area contributed by atoms with E-state index >= 15 is 0 Å². The molecule has 0 bridgehead atoms. The Hall–Kier alpha value is -2.35. The van der Waals surface area contributed by atoms with Gasteiger partial charge in [-0.1, -0.05) is 18.2 Å². The van der Waals surface area contributed by atoms with Crippen LogP contribution in [0.5, 0.6) is 11.5 Å². The van der Waals surface area contributed by atoms with Gasteiger partial charge in [0.1, 0.15) is 6.61 Å². The number of carbonyl (C=O) groups excluding carboxylic acids is 1. The number of rotatable bonds is 9. The molecule has 0 aliphatic heterocycles. The molecule has 1 amide bonds. The third kappa shape index (κ3) is 6.71. The number of carbonyl (C=O) groups is 1. The van der Waals surface area contributed by atoms with Gasteiger partial charge in [-0.2, -0.15) is 5.10 Å². The van der Waals surface area contributed by atoms with Crippen LogP contribution < -0.4 is 14.9 Å². The minimum Gasteiger partial charge on any atom is -0.490 e. The zero-order valence-electron chi connectivity index (χ0n) is 15.5. The van der Waals surface area contributed by atoms with Crippen LogP contribution >= 0.6 is 22.6 Å². The van der Waals surface area contributed by atoms with E-state index in [1.54, 1.807) is 6.21 Å². The molecule has 0 spiro atoms. The molecule has 0 saturated carbocycles. The van der Waals surface area contributed by atoms with Crippen molar-refractivity contribution in [1.82, 2.24) is 5.43 Å². The molecule has 0 fully saturated rings. The quantitative estimate of drug-likeness (QED) is 0.251. The number of nitrogens with zero attached hydrogens (tertiary/aromatic N) is 1. The maximum Gasteiger partial charge on any atom is 0.236 e. The highest BCUT2D eigenvalue weighted by atomic mass is 127. The number of halogens is 1. The van der Waals surface area contributed by atoms with Gasteiger partial charge in [0, 0.05) is 16.1 Å². The third-order valence-electron chi connectivity index (χ3n) is 3.55. The van der Waals surface area contributed by atoms with E-state index in [1.165, 1.54) is 10.5 Å². The second-order valence-corrected chi connectivity index (χ2v) is 7.02. The summed E-state index contributed by atoms with van der Waals surface area (Å²) in [5.74, 6) is 1.12. The van der Waals surface area contributed by atoms with Gasteiger partial charge in [-0.25, -0.2) is 5.43 Å². The molecule has 2 rings (SSSR count). The van der Waals surface area contributed by atoms with E-state index < -0.39 is 0 Å². The number of ether oxygens (including phenoxy) is 2.